The summed E-state index contributed by atoms with van der Waals surface area (Å²) in [4.78, 5) is 37.0. The number of aromatic carboxylic acids is 1. The van der Waals surface area contributed by atoms with Crippen molar-refractivity contribution in [2.75, 3.05) is 6.61 Å². The van der Waals surface area contributed by atoms with E-state index >= 15 is 4.39 Å². The van der Waals surface area contributed by atoms with Gasteiger partial charge in [-0.1, -0.05) is 49.8 Å². The summed E-state index contributed by atoms with van der Waals surface area (Å²) in [5.41, 5.74) is -0.0716. The summed E-state index contributed by atoms with van der Waals surface area (Å²) in [7, 11) is 0. The average Bonchev–Trinajstić information content (AvgIpc) is 3.50. The van der Waals surface area contributed by atoms with Gasteiger partial charge in [0.25, 0.3) is 0 Å². The Morgan fingerprint density at radius 1 is 1.09 bits per heavy atom. The molecule has 0 spiro atoms. The first kappa shape index (κ1) is 30.2. The molecule has 3 N–H and O–H groups in total. The van der Waals surface area contributed by atoms with Crippen molar-refractivity contribution in [3.8, 4) is 0 Å². The lowest BCUT2D eigenvalue weighted by Gasteiger charge is -2.59. The Balaban J connectivity index is 1.17. The molecule has 0 amide bonds. The van der Waals surface area contributed by atoms with Crippen molar-refractivity contribution in [1.29, 1.82) is 0 Å². The van der Waals surface area contributed by atoms with Gasteiger partial charge < -0.3 is 24.8 Å². The van der Waals surface area contributed by atoms with E-state index in [0.29, 0.717) is 24.8 Å². The van der Waals surface area contributed by atoms with Crippen molar-refractivity contribution < 1.29 is 43.6 Å². The molecule has 8 nitrogen and oxygen atoms in total. The second-order valence-corrected chi connectivity index (χ2v) is 13.9. The number of hydrogen-bond acceptors (Lipinski definition) is 7. The molecule has 7 rings (SSSR count). The van der Waals surface area contributed by atoms with E-state index in [4.69, 9.17) is 14.6 Å². The van der Waals surface area contributed by atoms with E-state index in [1.54, 1.807) is 36.4 Å². The largest absolute Gasteiger partial charge is 0.478 e. The molecule has 5 aliphatic rings. The molecule has 0 radical (unpaired) electrons. The third kappa shape index (κ3) is 4.35. The summed E-state index contributed by atoms with van der Waals surface area (Å²) >= 11 is 0. The van der Waals surface area contributed by atoms with Gasteiger partial charge in [0.1, 0.15) is 12.4 Å². The average molecular weight is 617 g/mol. The van der Waals surface area contributed by atoms with Gasteiger partial charge in [-0.3, -0.25) is 9.59 Å². The number of hydrogen-bond donors (Lipinski definition) is 3. The van der Waals surface area contributed by atoms with Gasteiger partial charge in [-0.15, -0.1) is 0 Å². The van der Waals surface area contributed by atoms with Gasteiger partial charge in [0.2, 0.25) is 0 Å². The van der Waals surface area contributed by atoms with Crippen LogP contribution in [0.4, 0.5) is 4.39 Å². The Morgan fingerprint density at radius 3 is 2.51 bits per heavy atom. The highest BCUT2D eigenvalue weighted by Gasteiger charge is 2.76. The third-order valence-electron chi connectivity index (χ3n) is 11.7. The summed E-state index contributed by atoms with van der Waals surface area (Å²) < 4.78 is 28.6. The topological polar surface area (TPSA) is 130 Å². The SMILES string of the molecule is C[C@]12C=CC(=O)C=C1CC[C@@H]1[C@@H]2[C@@H](O)C[C@@]2(C)[C@H]1C[C@H]1O[C@H](c3ccc(Cc4ccc(C(=O)O)cc4)cc3F)O[C@]12C(=O)CO. The highest BCUT2D eigenvalue weighted by molar-refractivity contribution is 6.01. The van der Waals surface area contributed by atoms with E-state index in [1.165, 1.54) is 18.2 Å². The smallest absolute Gasteiger partial charge is 0.335 e. The first-order valence-electron chi connectivity index (χ1n) is 15.6. The molecule has 2 aromatic carbocycles. The Labute approximate surface area is 260 Å². The number of halogens is 1. The number of carboxylic acid groups (broad SMARTS) is 1. The van der Waals surface area contributed by atoms with E-state index in [1.807, 2.05) is 13.0 Å². The second kappa shape index (κ2) is 10.5. The molecule has 9 atom stereocenters. The maximum atomic E-state index is 15.7. The maximum absolute atomic E-state index is 15.7. The van der Waals surface area contributed by atoms with E-state index in [2.05, 4.69) is 6.92 Å². The van der Waals surface area contributed by atoms with E-state index in [-0.39, 0.29) is 41.1 Å². The highest BCUT2D eigenvalue weighted by Crippen LogP contribution is 2.70. The maximum Gasteiger partial charge on any atom is 0.335 e. The van der Waals surface area contributed by atoms with Gasteiger partial charge >= 0.3 is 5.97 Å². The van der Waals surface area contributed by atoms with Crippen molar-refractivity contribution in [1.82, 2.24) is 0 Å². The molecule has 45 heavy (non-hydrogen) atoms. The van der Waals surface area contributed by atoms with Crippen LogP contribution in [0.3, 0.4) is 0 Å². The Kier molecular flexibility index (Phi) is 7.05. The molecule has 0 aromatic heterocycles. The molecule has 9 heteroatoms. The molecule has 0 bridgehead atoms. The number of Topliss-reactive ketones (excluding diaryl/α,β-unsaturated/α-hetero) is 1. The normalized spacial score (nSPS) is 38.2. The van der Waals surface area contributed by atoms with Crippen molar-refractivity contribution in [3.05, 3.63) is 94.3 Å². The lowest BCUT2D eigenvalue weighted by molar-refractivity contribution is -0.201. The van der Waals surface area contributed by atoms with Gasteiger partial charge in [-0.25, -0.2) is 9.18 Å². The number of rotatable bonds is 6. The zero-order valence-corrected chi connectivity index (χ0v) is 25.2. The molecule has 236 valence electrons. The lowest BCUT2D eigenvalue weighted by Crippen LogP contribution is -2.63. The van der Waals surface area contributed by atoms with Gasteiger partial charge in [0.15, 0.2) is 23.5 Å². The van der Waals surface area contributed by atoms with Crippen LogP contribution in [0.1, 0.15) is 72.9 Å². The fourth-order valence-corrected chi connectivity index (χ4v) is 9.70. The van der Waals surface area contributed by atoms with Gasteiger partial charge in [0.05, 0.1) is 17.8 Å². The van der Waals surface area contributed by atoms with Crippen LogP contribution < -0.4 is 0 Å². The predicted molar refractivity (Wildman–Crippen MR) is 160 cm³/mol. The molecule has 1 saturated heterocycles. The van der Waals surface area contributed by atoms with Crippen LogP contribution in [0.15, 0.2) is 66.3 Å². The number of carboxylic acids is 1. The van der Waals surface area contributed by atoms with Crippen LogP contribution >= 0.6 is 0 Å². The molecular formula is C36H37FO8. The predicted octanol–water partition coefficient (Wildman–Crippen LogP) is 4.72. The molecular weight excluding hydrogens is 579 g/mol. The minimum atomic E-state index is -1.56. The van der Waals surface area contributed by atoms with Crippen LogP contribution in [0.25, 0.3) is 0 Å². The molecule has 4 aliphatic carbocycles. The monoisotopic (exact) mass is 616 g/mol. The summed E-state index contributed by atoms with van der Waals surface area (Å²) in [6.07, 6.45) is 5.06. The van der Waals surface area contributed by atoms with Crippen LogP contribution in [0.5, 0.6) is 0 Å². The zero-order chi connectivity index (χ0) is 31.9. The number of aliphatic hydroxyl groups excluding tert-OH is 2. The zero-order valence-electron chi connectivity index (χ0n) is 25.2. The first-order valence-corrected chi connectivity index (χ1v) is 15.6. The summed E-state index contributed by atoms with van der Waals surface area (Å²) in [5.74, 6) is -2.33. The number of allylic oxidation sites excluding steroid dienone is 4. The Bertz CT molecular complexity index is 1650. The summed E-state index contributed by atoms with van der Waals surface area (Å²) in [6, 6.07) is 11.1. The number of fused-ring (bicyclic) bond motifs is 7. The van der Waals surface area contributed by atoms with Crippen molar-refractivity contribution in [2.45, 2.75) is 70.1 Å². The molecule has 1 heterocycles. The van der Waals surface area contributed by atoms with Crippen LogP contribution in [0, 0.1) is 34.4 Å². The molecule has 0 unspecified atom stereocenters. The van der Waals surface area contributed by atoms with E-state index in [9.17, 15) is 24.6 Å². The Hall–Kier alpha value is -3.50. The number of carbonyl (C=O) groups is 3. The number of carbonyl (C=O) groups excluding carboxylic acids is 2. The number of ether oxygens (including phenoxy) is 2. The van der Waals surface area contributed by atoms with E-state index in [0.717, 1.165) is 17.6 Å². The van der Waals surface area contributed by atoms with Crippen molar-refractivity contribution in [2.24, 2.45) is 28.6 Å². The summed E-state index contributed by atoms with van der Waals surface area (Å²) in [5, 5.41) is 31.1. The standard InChI is InChI=1S/C36H37FO8/c1-34-12-11-23(39)15-22(34)8-10-24-26-16-30-36(29(41)18-38,35(26,2)17-28(40)31(24)34)45-33(44-30)25-9-5-20(14-27(25)37)13-19-3-6-21(7-4-19)32(42)43/h3-7,9,11-12,14-15,24,26,28,30-31,33,38,40H,8,10,13,16-18H2,1-2H3,(H,42,43)/t24-,26-,28-,30+,31+,33-,34-,35-,36+/m0/s1. The van der Waals surface area contributed by atoms with Gasteiger partial charge in [-0.05, 0) is 85.4 Å². The van der Waals surface area contributed by atoms with Crippen molar-refractivity contribution in [3.63, 3.8) is 0 Å². The van der Waals surface area contributed by atoms with E-state index < -0.39 is 59.1 Å². The summed E-state index contributed by atoms with van der Waals surface area (Å²) in [6.45, 7) is 3.26. The molecule has 4 fully saturated rings. The number of ketones is 2. The number of benzene rings is 2. The molecule has 3 saturated carbocycles. The Morgan fingerprint density at radius 2 is 1.82 bits per heavy atom. The lowest BCUT2D eigenvalue weighted by atomic mass is 9.46. The quantitative estimate of drug-likeness (QED) is 0.425. The second-order valence-electron chi connectivity index (χ2n) is 13.9. The highest BCUT2D eigenvalue weighted by atomic mass is 19.1. The van der Waals surface area contributed by atoms with Crippen LogP contribution in [-0.2, 0) is 25.5 Å². The first-order chi connectivity index (χ1) is 21.4. The molecule has 1 aliphatic heterocycles. The fraction of sp³-hybridized carbons (Fsp3) is 0.472. The number of aliphatic hydroxyl groups is 2. The van der Waals surface area contributed by atoms with Gasteiger partial charge in [-0.2, -0.15) is 0 Å². The fourth-order valence-electron chi connectivity index (χ4n) is 9.70. The van der Waals surface area contributed by atoms with Crippen LogP contribution in [-0.4, -0.2) is 57.3 Å². The molecule has 2 aromatic rings. The van der Waals surface area contributed by atoms with Crippen LogP contribution in [0.2, 0.25) is 0 Å². The van der Waals surface area contributed by atoms with Gasteiger partial charge in [0, 0.05) is 22.3 Å². The third-order valence-corrected chi connectivity index (χ3v) is 11.7. The van der Waals surface area contributed by atoms with Crippen molar-refractivity contribution >= 4 is 17.5 Å². The minimum absolute atomic E-state index is 0.0268. The minimum Gasteiger partial charge on any atom is -0.478 e.